The maximum atomic E-state index is 4.80. The third kappa shape index (κ3) is 2.98. The van der Waals surface area contributed by atoms with Crippen molar-refractivity contribution in [3.63, 3.8) is 0 Å². The van der Waals surface area contributed by atoms with E-state index < -0.39 is 0 Å². The molecule has 112 valence electrons. The van der Waals surface area contributed by atoms with Crippen LogP contribution in [0, 0.1) is 0 Å². The van der Waals surface area contributed by atoms with E-state index in [-0.39, 0.29) is 17.0 Å². The molecule has 4 heteroatoms. The number of nitrogens with zero attached hydrogens (tertiary/aromatic N) is 3. The van der Waals surface area contributed by atoms with Gasteiger partial charge in [0.15, 0.2) is 5.65 Å². The summed E-state index contributed by atoms with van der Waals surface area (Å²) in [6.07, 6.45) is 1.74. The molecule has 4 aromatic rings. The van der Waals surface area contributed by atoms with Crippen LogP contribution in [-0.2, 0) is 0 Å². The number of pyridine rings is 1. The van der Waals surface area contributed by atoms with Gasteiger partial charge in [0.05, 0.1) is 11.4 Å². The van der Waals surface area contributed by atoms with E-state index in [1.807, 2.05) is 60.7 Å². The first kappa shape index (κ1) is 15.3. The Balaban J connectivity index is 0.00000156. The molecule has 0 saturated carbocycles. The van der Waals surface area contributed by atoms with Crippen LogP contribution >= 0.6 is 17.0 Å². The molecule has 0 spiro atoms. The van der Waals surface area contributed by atoms with Gasteiger partial charge in [0.2, 0.25) is 0 Å². The van der Waals surface area contributed by atoms with E-state index in [9.17, 15) is 0 Å². The second-order valence-corrected chi connectivity index (χ2v) is 5.00. The van der Waals surface area contributed by atoms with Crippen molar-refractivity contribution in [2.75, 3.05) is 0 Å². The molecular formula is C19H14BrN3. The Labute approximate surface area is 144 Å². The highest BCUT2D eigenvalue weighted by Crippen LogP contribution is 2.30. The summed E-state index contributed by atoms with van der Waals surface area (Å²) in [7, 11) is 0. The van der Waals surface area contributed by atoms with Gasteiger partial charge in [-0.2, -0.15) is 0 Å². The van der Waals surface area contributed by atoms with Gasteiger partial charge >= 0.3 is 0 Å². The van der Waals surface area contributed by atoms with Crippen molar-refractivity contribution in [2.24, 2.45) is 0 Å². The molecule has 3 nitrogen and oxygen atoms in total. The Hall–Kier alpha value is -2.59. The van der Waals surface area contributed by atoms with Crippen LogP contribution in [0.4, 0.5) is 0 Å². The second-order valence-electron chi connectivity index (χ2n) is 5.00. The van der Waals surface area contributed by atoms with Gasteiger partial charge in [0.1, 0.15) is 5.52 Å². The van der Waals surface area contributed by atoms with Crippen molar-refractivity contribution in [1.82, 2.24) is 15.0 Å². The maximum Gasteiger partial charge on any atom is 0.178 e. The summed E-state index contributed by atoms with van der Waals surface area (Å²) in [5.74, 6) is 0. The van der Waals surface area contributed by atoms with E-state index in [1.165, 1.54) is 0 Å². The topological polar surface area (TPSA) is 38.7 Å². The van der Waals surface area contributed by atoms with Crippen molar-refractivity contribution in [3.05, 3.63) is 79.0 Å². The summed E-state index contributed by atoms with van der Waals surface area (Å²) in [4.78, 5) is 13.9. The lowest BCUT2D eigenvalue weighted by Crippen LogP contribution is -1.96. The predicted molar refractivity (Wildman–Crippen MR) is 98.5 cm³/mol. The zero-order chi connectivity index (χ0) is 14.8. The van der Waals surface area contributed by atoms with Gasteiger partial charge in [-0.1, -0.05) is 60.7 Å². The first-order valence-electron chi connectivity index (χ1n) is 7.15. The fourth-order valence-corrected chi connectivity index (χ4v) is 2.49. The molecule has 0 radical (unpaired) electrons. The molecule has 0 atom stereocenters. The van der Waals surface area contributed by atoms with Crippen molar-refractivity contribution < 1.29 is 0 Å². The monoisotopic (exact) mass is 363 g/mol. The summed E-state index contributed by atoms with van der Waals surface area (Å²) in [6.45, 7) is 0. The number of halogens is 1. The quantitative estimate of drug-likeness (QED) is 0.506. The van der Waals surface area contributed by atoms with Crippen LogP contribution in [0.3, 0.4) is 0 Å². The molecule has 2 aromatic heterocycles. The van der Waals surface area contributed by atoms with Crippen LogP contribution in [0.5, 0.6) is 0 Å². The molecule has 0 fully saturated rings. The van der Waals surface area contributed by atoms with Crippen molar-refractivity contribution in [1.29, 1.82) is 0 Å². The minimum absolute atomic E-state index is 0. The maximum absolute atomic E-state index is 4.80. The Morgan fingerprint density at radius 3 is 1.74 bits per heavy atom. The van der Waals surface area contributed by atoms with Gasteiger partial charge in [0.25, 0.3) is 0 Å². The van der Waals surface area contributed by atoms with Crippen LogP contribution in [0.25, 0.3) is 33.7 Å². The van der Waals surface area contributed by atoms with E-state index in [4.69, 9.17) is 9.97 Å². The SMILES string of the molecule is Br.c1ccc(-c2nc3cccnc3nc2-c2ccccc2)cc1. The van der Waals surface area contributed by atoms with Gasteiger partial charge in [-0.25, -0.2) is 15.0 Å². The van der Waals surface area contributed by atoms with E-state index in [1.54, 1.807) is 6.20 Å². The van der Waals surface area contributed by atoms with E-state index >= 15 is 0 Å². The largest absolute Gasteiger partial charge is 0.242 e. The standard InChI is InChI=1S/C19H13N3.BrH/c1-3-8-14(9-4-1)17-18(15-10-5-2-6-11-15)22-19-16(21-17)12-7-13-20-19;/h1-13H;1H. The van der Waals surface area contributed by atoms with Crippen LogP contribution in [0.1, 0.15) is 0 Å². The lowest BCUT2D eigenvalue weighted by molar-refractivity contribution is 1.23. The molecule has 2 aromatic carbocycles. The minimum atomic E-state index is 0. The normalized spacial score (nSPS) is 10.3. The van der Waals surface area contributed by atoms with Crippen molar-refractivity contribution in [2.45, 2.75) is 0 Å². The first-order chi connectivity index (χ1) is 10.9. The second kappa shape index (κ2) is 6.67. The lowest BCUT2D eigenvalue weighted by Gasteiger charge is -2.09. The van der Waals surface area contributed by atoms with E-state index in [0.717, 1.165) is 28.0 Å². The van der Waals surface area contributed by atoms with Gasteiger partial charge in [-0.3, -0.25) is 0 Å². The Morgan fingerprint density at radius 2 is 1.13 bits per heavy atom. The molecule has 0 unspecified atom stereocenters. The smallest absolute Gasteiger partial charge is 0.178 e. The van der Waals surface area contributed by atoms with Crippen LogP contribution in [-0.4, -0.2) is 15.0 Å². The van der Waals surface area contributed by atoms with E-state index in [0.29, 0.717) is 5.65 Å². The number of benzene rings is 2. The lowest BCUT2D eigenvalue weighted by atomic mass is 10.0. The predicted octanol–water partition coefficient (Wildman–Crippen LogP) is 4.94. The molecule has 0 bridgehead atoms. The first-order valence-corrected chi connectivity index (χ1v) is 7.15. The summed E-state index contributed by atoms with van der Waals surface area (Å²) in [6, 6.07) is 24.1. The average Bonchev–Trinajstić information content (AvgIpc) is 2.62. The van der Waals surface area contributed by atoms with Gasteiger partial charge < -0.3 is 0 Å². The Morgan fingerprint density at radius 1 is 0.565 bits per heavy atom. The van der Waals surface area contributed by atoms with Crippen molar-refractivity contribution >= 4 is 28.1 Å². The van der Waals surface area contributed by atoms with Gasteiger partial charge in [0, 0.05) is 17.3 Å². The number of fused-ring (bicyclic) bond motifs is 1. The summed E-state index contributed by atoms with van der Waals surface area (Å²) < 4.78 is 0. The number of rotatable bonds is 2. The number of hydrogen-bond acceptors (Lipinski definition) is 3. The van der Waals surface area contributed by atoms with Crippen LogP contribution < -0.4 is 0 Å². The van der Waals surface area contributed by atoms with E-state index in [2.05, 4.69) is 17.1 Å². The van der Waals surface area contributed by atoms with Crippen LogP contribution in [0.2, 0.25) is 0 Å². The molecular weight excluding hydrogens is 350 g/mol. The Kier molecular flexibility index (Phi) is 4.44. The summed E-state index contributed by atoms with van der Waals surface area (Å²) >= 11 is 0. The molecule has 0 amide bonds. The highest BCUT2D eigenvalue weighted by Gasteiger charge is 2.12. The Bertz CT molecular complexity index is 847. The molecule has 2 heterocycles. The highest BCUT2D eigenvalue weighted by molar-refractivity contribution is 8.93. The number of aromatic nitrogens is 3. The molecule has 0 aliphatic heterocycles. The fraction of sp³-hybridized carbons (Fsp3) is 0. The molecule has 0 aliphatic carbocycles. The van der Waals surface area contributed by atoms with Gasteiger partial charge in [-0.15, -0.1) is 17.0 Å². The van der Waals surface area contributed by atoms with Crippen LogP contribution in [0.15, 0.2) is 79.0 Å². The average molecular weight is 364 g/mol. The zero-order valence-corrected chi connectivity index (χ0v) is 14.0. The van der Waals surface area contributed by atoms with Crippen molar-refractivity contribution in [3.8, 4) is 22.5 Å². The molecule has 23 heavy (non-hydrogen) atoms. The highest BCUT2D eigenvalue weighted by atomic mass is 79.9. The molecule has 0 aliphatic rings. The number of hydrogen-bond donors (Lipinski definition) is 0. The minimum Gasteiger partial charge on any atom is -0.242 e. The summed E-state index contributed by atoms with van der Waals surface area (Å²) in [5, 5.41) is 0. The van der Waals surface area contributed by atoms with Gasteiger partial charge in [-0.05, 0) is 12.1 Å². The third-order valence-corrected chi connectivity index (χ3v) is 3.53. The zero-order valence-electron chi connectivity index (χ0n) is 12.3. The molecule has 0 N–H and O–H groups in total. The third-order valence-electron chi connectivity index (χ3n) is 3.53. The molecule has 0 saturated heterocycles. The summed E-state index contributed by atoms with van der Waals surface area (Å²) in [5.41, 5.74) is 5.31. The molecule has 4 rings (SSSR count). The fourth-order valence-electron chi connectivity index (χ4n) is 2.49.